The normalized spacial score (nSPS) is 45.8. The van der Waals surface area contributed by atoms with Gasteiger partial charge in [-0.2, -0.15) is 19.6 Å². The Morgan fingerprint density at radius 1 is 0.833 bits per heavy atom. The molecule has 5 aliphatic carbocycles. The molecule has 1 amide bonds. The molecule has 6 aliphatic rings. The molecule has 1 aliphatic heterocycles. The Morgan fingerprint density at radius 2 is 1.50 bits per heavy atom. The molecular formula is C38H61NO9. The van der Waals surface area contributed by atoms with Crippen molar-refractivity contribution in [1.29, 1.82) is 0 Å². The van der Waals surface area contributed by atoms with Crippen LogP contribution in [0.15, 0.2) is 0 Å². The molecule has 10 nitrogen and oxygen atoms in total. The molecule has 1 N–H and O–H groups in total. The monoisotopic (exact) mass is 675 g/mol. The van der Waals surface area contributed by atoms with Crippen LogP contribution in [0.2, 0.25) is 0 Å². The van der Waals surface area contributed by atoms with Crippen molar-refractivity contribution in [2.75, 3.05) is 6.54 Å². The minimum atomic E-state index is -0.999. The van der Waals surface area contributed by atoms with Crippen molar-refractivity contribution in [1.82, 2.24) is 5.32 Å². The lowest BCUT2D eigenvalue weighted by Gasteiger charge is -2.65. The van der Waals surface area contributed by atoms with Crippen molar-refractivity contribution in [2.24, 2.45) is 52.3 Å². The number of nitrogens with one attached hydrogen (secondary N) is 1. The number of rotatable bonds is 8. The van der Waals surface area contributed by atoms with Gasteiger partial charge in [0.05, 0.1) is 0 Å². The lowest BCUT2D eigenvalue weighted by molar-refractivity contribution is -0.665. The van der Waals surface area contributed by atoms with Crippen molar-refractivity contribution in [3.05, 3.63) is 0 Å². The number of esters is 2. The van der Waals surface area contributed by atoms with E-state index >= 15 is 0 Å². The van der Waals surface area contributed by atoms with E-state index in [-0.39, 0.29) is 70.5 Å². The second kappa shape index (κ2) is 13.8. The summed E-state index contributed by atoms with van der Waals surface area (Å²) in [6.45, 7) is 14.8. The third kappa shape index (κ3) is 6.45. The first-order chi connectivity index (χ1) is 22.8. The molecule has 0 bridgehead atoms. The van der Waals surface area contributed by atoms with Crippen molar-refractivity contribution in [3.63, 3.8) is 0 Å². The second-order valence-corrected chi connectivity index (χ2v) is 16.9. The third-order valence-corrected chi connectivity index (χ3v) is 14.5. The van der Waals surface area contributed by atoms with Crippen molar-refractivity contribution in [3.8, 4) is 0 Å². The molecule has 0 aromatic carbocycles. The number of hydrogen-bond donors (Lipinski definition) is 1. The quantitative estimate of drug-likeness (QED) is 0.211. The van der Waals surface area contributed by atoms with E-state index in [0.717, 1.165) is 70.6 Å². The van der Waals surface area contributed by atoms with Gasteiger partial charge in [-0.25, -0.2) is 0 Å². The van der Waals surface area contributed by atoms with E-state index in [1.54, 1.807) is 0 Å². The van der Waals surface area contributed by atoms with Crippen molar-refractivity contribution in [2.45, 2.75) is 162 Å². The van der Waals surface area contributed by atoms with Crippen LogP contribution in [0.3, 0.4) is 0 Å². The van der Waals surface area contributed by atoms with E-state index in [2.05, 4.69) is 33.0 Å². The van der Waals surface area contributed by atoms with Gasteiger partial charge in [-0.05, 0) is 99.2 Å². The first-order valence-electron chi connectivity index (χ1n) is 19.1. The van der Waals surface area contributed by atoms with Gasteiger partial charge < -0.3 is 14.8 Å². The smallest absolute Gasteiger partial charge is 0.302 e. The highest BCUT2D eigenvalue weighted by molar-refractivity contribution is 5.75. The molecule has 6 fully saturated rings. The van der Waals surface area contributed by atoms with Crippen LogP contribution in [0.25, 0.3) is 0 Å². The molecule has 48 heavy (non-hydrogen) atoms. The molecular weight excluding hydrogens is 614 g/mol. The first-order valence-corrected chi connectivity index (χ1v) is 19.1. The average Bonchev–Trinajstić information content (AvgIpc) is 3.41. The predicted molar refractivity (Wildman–Crippen MR) is 176 cm³/mol. The molecule has 1 saturated heterocycles. The standard InChI is InChI=1S/C38H61NO9/c1-8-26-14-16-37(17-15-26)45-47-38(48-46-37)19-18-35(6)27(22-38)20-31(43-24(4)40)34-29-12-11-28(23(3)10-13-33(42)39-9-2)36(29,7)32(21-30(34)35)44-25(5)41/h23,26-32,34H,8-22H2,1-7H3,(H,39,42)/t23-,26?,27-,28-,29+,30+,31-,32+,34+,35+,36-,37?,38?/m1/s1. The van der Waals surface area contributed by atoms with Gasteiger partial charge in [0.15, 0.2) is 0 Å². The zero-order valence-corrected chi connectivity index (χ0v) is 30.5. The van der Waals surface area contributed by atoms with E-state index in [4.69, 9.17) is 29.0 Å². The zero-order chi connectivity index (χ0) is 34.5. The lowest BCUT2D eigenvalue weighted by Crippen LogP contribution is -2.65. The van der Waals surface area contributed by atoms with Gasteiger partial charge in [-0.1, -0.05) is 34.1 Å². The summed E-state index contributed by atoms with van der Waals surface area (Å²) < 4.78 is 12.6. The maximum absolute atomic E-state index is 12.7. The van der Waals surface area contributed by atoms with Gasteiger partial charge in [-0.3, -0.25) is 14.4 Å². The summed E-state index contributed by atoms with van der Waals surface area (Å²) in [5, 5.41) is 2.93. The summed E-state index contributed by atoms with van der Waals surface area (Å²) in [5.74, 6) is -0.318. The van der Waals surface area contributed by atoms with Crippen LogP contribution in [0.5, 0.6) is 0 Å². The summed E-state index contributed by atoms with van der Waals surface area (Å²) in [5.41, 5.74) is -0.386. The summed E-state index contributed by atoms with van der Waals surface area (Å²) in [6.07, 6.45) is 11.0. The van der Waals surface area contributed by atoms with Gasteiger partial charge >= 0.3 is 11.9 Å². The van der Waals surface area contributed by atoms with E-state index in [9.17, 15) is 14.4 Å². The Bertz CT molecular complexity index is 1190. The number of amides is 1. The highest BCUT2D eigenvalue weighted by Crippen LogP contribution is 2.70. The van der Waals surface area contributed by atoms with Crippen LogP contribution in [0.1, 0.15) is 138 Å². The summed E-state index contributed by atoms with van der Waals surface area (Å²) in [6, 6.07) is 0. The molecule has 6 rings (SSSR count). The maximum Gasteiger partial charge on any atom is 0.302 e. The Morgan fingerprint density at radius 3 is 2.12 bits per heavy atom. The molecule has 5 saturated carbocycles. The Labute approximate surface area is 287 Å². The Hall–Kier alpha value is -1.75. The fourth-order valence-electron chi connectivity index (χ4n) is 11.8. The number of fused-ring (bicyclic) bond motifs is 5. The SMILES string of the molecule is CCNC(=O)CC[C@@H](C)[C@H]1CC[C@H]2[C@@H]3[C@H](OC(C)=O)C[C@@H]4CC5(CC[C@]4(C)[C@H]3C[C@H](OC(C)=O)[C@]12C)OOC1(CCC(CC)CC1)OO5. The largest absolute Gasteiger partial charge is 0.462 e. The summed E-state index contributed by atoms with van der Waals surface area (Å²) in [7, 11) is 0. The number of hydrogen-bond acceptors (Lipinski definition) is 9. The van der Waals surface area contributed by atoms with E-state index in [1.165, 1.54) is 13.8 Å². The molecule has 2 spiro atoms. The minimum absolute atomic E-state index is 0.0845. The Balaban J connectivity index is 1.24. The van der Waals surface area contributed by atoms with E-state index in [0.29, 0.717) is 37.6 Å². The van der Waals surface area contributed by atoms with Crippen LogP contribution in [-0.4, -0.2) is 48.2 Å². The summed E-state index contributed by atoms with van der Waals surface area (Å²) >= 11 is 0. The van der Waals surface area contributed by atoms with Gasteiger partial charge in [-0.15, -0.1) is 0 Å². The van der Waals surface area contributed by atoms with Gasteiger partial charge in [0, 0.05) is 63.8 Å². The number of carbonyl (C=O) groups excluding carboxylic acids is 3. The molecule has 10 atom stereocenters. The molecule has 0 radical (unpaired) electrons. The number of carbonyl (C=O) groups is 3. The molecule has 0 unspecified atom stereocenters. The molecule has 272 valence electrons. The van der Waals surface area contributed by atoms with Crippen molar-refractivity contribution < 1.29 is 43.4 Å². The van der Waals surface area contributed by atoms with E-state index in [1.807, 2.05) is 6.92 Å². The van der Waals surface area contributed by atoms with Crippen LogP contribution < -0.4 is 5.32 Å². The number of ether oxygens (including phenoxy) is 2. The van der Waals surface area contributed by atoms with Gasteiger partial charge in [0.25, 0.3) is 0 Å². The molecule has 0 aromatic heterocycles. The minimum Gasteiger partial charge on any atom is -0.462 e. The van der Waals surface area contributed by atoms with Crippen LogP contribution in [0, 0.1) is 52.3 Å². The van der Waals surface area contributed by atoms with Gasteiger partial charge in [0.1, 0.15) is 12.2 Å². The fourth-order valence-corrected chi connectivity index (χ4v) is 11.8. The first kappa shape index (κ1) is 36.1. The van der Waals surface area contributed by atoms with Crippen molar-refractivity contribution >= 4 is 17.8 Å². The summed E-state index contributed by atoms with van der Waals surface area (Å²) in [4.78, 5) is 62.4. The lowest BCUT2D eigenvalue weighted by atomic mass is 9.42. The zero-order valence-electron chi connectivity index (χ0n) is 30.5. The molecule has 0 aromatic rings. The molecule has 10 heteroatoms. The maximum atomic E-state index is 12.7. The van der Waals surface area contributed by atoms with Gasteiger partial charge in [0.2, 0.25) is 17.5 Å². The predicted octanol–water partition coefficient (Wildman–Crippen LogP) is 7.18. The highest BCUT2D eigenvalue weighted by atomic mass is 17.4. The van der Waals surface area contributed by atoms with Crippen LogP contribution in [0.4, 0.5) is 0 Å². The van der Waals surface area contributed by atoms with Crippen LogP contribution >= 0.6 is 0 Å². The highest BCUT2D eigenvalue weighted by Gasteiger charge is 2.69. The molecule has 1 heterocycles. The Kier molecular flexibility index (Phi) is 10.3. The van der Waals surface area contributed by atoms with Crippen LogP contribution in [-0.2, 0) is 43.4 Å². The average molecular weight is 676 g/mol. The fraction of sp³-hybridized carbons (Fsp3) is 0.921. The van der Waals surface area contributed by atoms with E-state index < -0.39 is 11.6 Å². The second-order valence-electron chi connectivity index (χ2n) is 16.9. The topological polar surface area (TPSA) is 119 Å². The third-order valence-electron chi connectivity index (χ3n) is 14.5.